The number of hydrogen-bond acceptors (Lipinski definition) is 3. The maximum absolute atomic E-state index is 12.3. The van der Waals surface area contributed by atoms with Crippen LogP contribution in [0, 0.1) is 18.3 Å². The summed E-state index contributed by atoms with van der Waals surface area (Å²) in [6.07, 6.45) is 1.44. The molecule has 0 atom stereocenters. The molecular formula is C21H16N2O2. The lowest BCUT2D eigenvalue weighted by Crippen LogP contribution is -2.13. The number of amides is 1. The lowest BCUT2D eigenvalue weighted by Gasteiger charge is -2.04. The van der Waals surface area contributed by atoms with E-state index in [1.54, 1.807) is 18.2 Å². The molecule has 3 aromatic rings. The fraction of sp³-hybridized carbons (Fsp3) is 0.0476. The number of carbonyl (C=O) groups excluding carboxylic acids is 1. The first-order valence-corrected chi connectivity index (χ1v) is 7.81. The predicted octanol–water partition coefficient (Wildman–Crippen LogP) is 4.80. The topological polar surface area (TPSA) is 66.0 Å². The Labute approximate surface area is 146 Å². The van der Waals surface area contributed by atoms with Crippen molar-refractivity contribution in [2.24, 2.45) is 0 Å². The molecule has 3 rings (SSSR count). The molecule has 0 unspecified atom stereocenters. The van der Waals surface area contributed by atoms with Gasteiger partial charge in [0, 0.05) is 17.3 Å². The van der Waals surface area contributed by atoms with Gasteiger partial charge in [-0.25, -0.2) is 0 Å². The van der Waals surface area contributed by atoms with Crippen LogP contribution in [0.4, 0.5) is 5.69 Å². The summed E-state index contributed by atoms with van der Waals surface area (Å²) in [5.41, 5.74) is 2.65. The molecule has 1 amide bonds. The molecule has 0 fully saturated rings. The number of nitrogens with zero attached hydrogens (tertiary/aromatic N) is 1. The maximum atomic E-state index is 12.3. The van der Waals surface area contributed by atoms with Gasteiger partial charge in [-0.1, -0.05) is 48.0 Å². The number of nitrogens with one attached hydrogen (secondary N) is 1. The molecule has 25 heavy (non-hydrogen) atoms. The van der Waals surface area contributed by atoms with Crippen LogP contribution < -0.4 is 5.32 Å². The van der Waals surface area contributed by atoms with E-state index in [0.29, 0.717) is 17.2 Å². The van der Waals surface area contributed by atoms with E-state index in [0.717, 1.165) is 11.1 Å². The molecule has 4 nitrogen and oxygen atoms in total. The Morgan fingerprint density at radius 1 is 1.04 bits per heavy atom. The van der Waals surface area contributed by atoms with Crippen LogP contribution in [0.15, 0.2) is 76.7 Å². The minimum absolute atomic E-state index is 0.0189. The minimum atomic E-state index is -0.469. The van der Waals surface area contributed by atoms with Crippen LogP contribution in [0.5, 0.6) is 0 Å². The fourth-order valence-electron chi connectivity index (χ4n) is 2.31. The van der Waals surface area contributed by atoms with Gasteiger partial charge in [0.1, 0.15) is 23.2 Å². The number of anilines is 1. The normalized spacial score (nSPS) is 11.0. The van der Waals surface area contributed by atoms with Gasteiger partial charge in [0.15, 0.2) is 0 Å². The van der Waals surface area contributed by atoms with Crippen LogP contribution >= 0.6 is 0 Å². The molecule has 0 radical (unpaired) electrons. The van der Waals surface area contributed by atoms with Crippen molar-refractivity contribution in [3.8, 4) is 17.4 Å². The van der Waals surface area contributed by atoms with Gasteiger partial charge >= 0.3 is 0 Å². The lowest BCUT2D eigenvalue weighted by molar-refractivity contribution is -0.112. The van der Waals surface area contributed by atoms with Crippen molar-refractivity contribution in [2.75, 3.05) is 5.32 Å². The second-order valence-corrected chi connectivity index (χ2v) is 5.56. The van der Waals surface area contributed by atoms with Crippen LogP contribution in [0.2, 0.25) is 0 Å². The maximum Gasteiger partial charge on any atom is 0.266 e. The first-order chi connectivity index (χ1) is 12.2. The highest BCUT2D eigenvalue weighted by molar-refractivity contribution is 6.09. The van der Waals surface area contributed by atoms with E-state index in [9.17, 15) is 10.1 Å². The van der Waals surface area contributed by atoms with Crippen molar-refractivity contribution >= 4 is 17.7 Å². The van der Waals surface area contributed by atoms with Crippen molar-refractivity contribution in [3.05, 3.63) is 83.6 Å². The van der Waals surface area contributed by atoms with Gasteiger partial charge in [0.2, 0.25) is 0 Å². The number of nitriles is 1. The third kappa shape index (κ3) is 4.04. The highest BCUT2D eigenvalue weighted by Crippen LogP contribution is 2.23. The monoisotopic (exact) mass is 328 g/mol. The number of furan rings is 1. The molecule has 122 valence electrons. The highest BCUT2D eigenvalue weighted by atomic mass is 16.3. The molecule has 0 aliphatic carbocycles. The minimum Gasteiger partial charge on any atom is -0.457 e. The van der Waals surface area contributed by atoms with Crippen LogP contribution in [0.25, 0.3) is 17.4 Å². The second-order valence-electron chi connectivity index (χ2n) is 5.56. The fourth-order valence-corrected chi connectivity index (χ4v) is 2.31. The van der Waals surface area contributed by atoms with Crippen molar-refractivity contribution in [2.45, 2.75) is 6.92 Å². The molecule has 0 saturated carbocycles. The van der Waals surface area contributed by atoms with Gasteiger partial charge in [-0.15, -0.1) is 0 Å². The summed E-state index contributed by atoms with van der Waals surface area (Å²) in [7, 11) is 0. The SMILES string of the molecule is Cc1ccc(NC(=O)/C(C#N)=C\c2ccc(-c3ccccc3)o2)cc1. The van der Waals surface area contributed by atoms with Gasteiger partial charge in [-0.2, -0.15) is 5.26 Å². The van der Waals surface area contributed by atoms with E-state index >= 15 is 0 Å². The summed E-state index contributed by atoms with van der Waals surface area (Å²) >= 11 is 0. The molecule has 0 spiro atoms. The Bertz CT molecular complexity index is 946. The zero-order valence-electron chi connectivity index (χ0n) is 13.7. The van der Waals surface area contributed by atoms with E-state index in [2.05, 4.69) is 5.32 Å². The Morgan fingerprint density at radius 2 is 1.76 bits per heavy atom. The average molecular weight is 328 g/mol. The van der Waals surface area contributed by atoms with E-state index in [1.807, 2.05) is 61.5 Å². The Hall–Kier alpha value is -3.58. The molecule has 0 aliphatic rings. The van der Waals surface area contributed by atoms with Crippen LogP contribution in [-0.4, -0.2) is 5.91 Å². The van der Waals surface area contributed by atoms with Gasteiger partial charge in [0.25, 0.3) is 5.91 Å². The van der Waals surface area contributed by atoms with Crippen LogP contribution in [0.1, 0.15) is 11.3 Å². The molecule has 0 aliphatic heterocycles. The Morgan fingerprint density at radius 3 is 2.44 bits per heavy atom. The quantitative estimate of drug-likeness (QED) is 0.552. The summed E-state index contributed by atoms with van der Waals surface area (Å²) in [6, 6.07) is 22.5. The van der Waals surface area contributed by atoms with Crippen molar-refractivity contribution in [1.29, 1.82) is 5.26 Å². The molecular weight excluding hydrogens is 312 g/mol. The predicted molar refractivity (Wildman–Crippen MR) is 97.5 cm³/mol. The van der Waals surface area contributed by atoms with E-state index in [4.69, 9.17) is 4.42 Å². The van der Waals surface area contributed by atoms with Crippen molar-refractivity contribution in [1.82, 2.24) is 0 Å². The number of benzene rings is 2. The standard InChI is InChI=1S/C21H16N2O2/c1-15-7-9-18(10-8-15)23-21(24)17(14-22)13-19-11-12-20(25-19)16-5-3-2-4-6-16/h2-13H,1H3,(H,23,24)/b17-13-. The summed E-state index contributed by atoms with van der Waals surface area (Å²) in [4.78, 5) is 12.3. The number of rotatable bonds is 4. The van der Waals surface area contributed by atoms with Gasteiger partial charge in [0.05, 0.1) is 0 Å². The molecule has 1 aromatic heterocycles. The third-order valence-corrected chi connectivity index (χ3v) is 3.65. The van der Waals surface area contributed by atoms with E-state index < -0.39 is 5.91 Å². The molecule has 2 aromatic carbocycles. The summed E-state index contributed by atoms with van der Waals surface area (Å²) in [5, 5.41) is 12.0. The molecule has 0 saturated heterocycles. The summed E-state index contributed by atoms with van der Waals surface area (Å²) < 4.78 is 5.71. The largest absolute Gasteiger partial charge is 0.457 e. The first-order valence-electron chi connectivity index (χ1n) is 7.81. The lowest BCUT2D eigenvalue weighted by atomic mass is 10.2. The smallest absolute Gasteiger partial charge is 0.266 e. The molecule has 4 heteroatoms. The molecule has 1 heterocycles. The van der Waals surface area contributed by atoms with Gasteiger partial charge in [-0.3, -0.25) is 4.79 Å². The van der Waals surface area contributed by atoms with Gasteiger partial charge < -0.3 is 9.73 Å². The Kier molecular flexibility index (Phi) is 4.77. The highest BCUT2D eigenvalue weighted by Gasteiger charge is 2.11. The number of hydrogen-bond donors (Lipinski definition) is 1. The van der Waals surface area contributed by atoms with Crippen LogP contribution in [-0.2, 0) is 4.79 Å². The molecule has 0 bridgehead atoms. The number of carbonyl (C=O) groups is 1. The Balaban J connectivity index is 1.78. The third-order valence-electron chi connectivity index (χ3n) is 3.65. The van der Waals surface area contributed by atoms with Gasteiger partial charge in [-0.05, 0) is 31.2 Å². The molecule has 1 N–H and O–H groups in total. The van der Waals surface area contributed by atoms with Crippen molar-refractivity contribution < 1.29 is 9.21 Å². The summed E-state index contributed by atoms with van der Waals surface area (Å²) in [6.45, 7) is 1.97. The second kappa shape index (κ2) is 7.33. The van der Waals surface area contributed by atoms with Crippen molar-refractivity contribution in [3.63, 3.8) is 0 Å². The number of aryl methyl sites for hydroxylation is 1. The zero-order chi connectivity index (χ0) is 17.6. The summed E-state index contributed by atoms with van der Waals surface area (Å²) in [5.74, 6) is 0.668. The average Bonchev–Trinajstić information content (AvgIpc) is 3.11. The van der Waals surface area contributed by atoms with Crippen LogP contribution in [0.3, 0.4) is 0 Å². The van der Waals surface area contributed by atoms with E-state index in [-0.39, 0.29) is 5.57 Å². The zero-order valence-corrected chi connectivity index (χ0v) is 13.7. The first kappa shape index (κ1) is 16.3. The van der Waals surface area contributed by atoms with E-state index in [1.165, 1.54) is 6.08 Å².